The lowest BCUT2D eigenvalue weighted by atomic mass is 10.1. The molecule has 3 heterocycles. The Morgan fingerprint density at radius 2 is 2.00 bits per heavy atom. The SMILES string of the molecule is C=C(N=C/C(C)=C(\C)n1c(C)cc(OCc2ncc(C)cc2F)c(Cl)c1=O)c1ccnc(C(C)(C)O)n1. The second kappa shape index (κ2) is 11.1. The number of hydrogen-bond acceptors (Lipinski definition) is 7. The third-order valence-electron chi connectivity index (χ3n) is 5.54. The van der Waals surface area contributed by atoms with Crippen LogP contribution in [0.2, 0.25) is 5.02 Å². The van der Waals surface area contributed by atoms with Crippen molar-refractivity contribution in [2.24, 2.45) is 4.99 Å². The van der Waals surface area contributed by atoms with Crippen molar-refractivity contribution in [1.82, 2.24) is 19.5 Å². The third kappa shape index (κ3) is 6.55. The molecular formula is C27H29ClFN5O3. The Morgan fingerprint density at radius 3 is 2.65 bits per heavy atom. The van der Waals surface area contributed by atoms with Gasteiger partial charge in [0.2, 0.25) is 0 Å². The quantitative estimate of drug-likeness (QED) is 0.403. The molecule has 0 saturated carbocycles. The predicted octanol–water partition coefficient (Wildman–Crippen LogP) is 5.24. The number of pyridine rings is 2. The molecule has 0 aliphatic rings. The minimum Gasteiger partial charge on any atom is -0.485 e. The summed E-state index contributed by atoms with van der Waals surface area (Å²) in [7, 11) is 0. The van der Waals surface area contributed by atoms with Gasteiger partial charge in [0.15, 0.2) is 5.82 Å². The van der Waals surface area contributed by atoms with Gasteiger partial charge in [0.05, 0.1) is 11.4 Å². The van der Waals surface area contributed by atoms with Gasteiger partial charge in [0.1, 0.15) is 34.5 Å². The minimum atomic E-state index is -1.20. The molecule has 0 saturated heterocycles. The van der Waals surface area contributed by atoms with Crippen LogP contribution in [-0.2, 0) is 12.2 Å². The lowest BCUT2D eigenvalue weighted by Gasteiger charge is -2.16. The van der Waals surface area contributed by atoms with Gasteiger partial charge in [-0.15, -0.1) is 0 Å². The average Bonchev–Trinajstić information content (AvgIpc) is 2.84. The molecule has 0 fully saturated rings. The van der Waals surface area contributed by atoms with Crippen LogP contribution in [0.4, 0.5) is 4.39 Å². The van der Waals surface area contributed by atoms with Crippen LogP contribution < -0.4 is 10.3 Å². The Hall–Kier alpha value is -3.69. The topological polar surface area (TPSA) is 102 Å². The fraction of sp³-hybridized carbons (Fsp3) is 0.296. The second-order valence-electron chi connectivity index (χ2n) is 9.13. The number of rotatable bonds is 8. The summed E-state index contributed by atoms with van der Waals surface area (Å²) >= 11 is 6.33. The molecule has 1 N–H and O–H groups in total. The highest BCUT2D eigenvalue weighted by Gasteiger charge is 2.20. The minimum absolute atomic E-state index is 0.116. The van der Waals surface area contributed by atoms with Crippen LogP contribution in [0.25, 0.3) is 11.4 Å². The van der Waals surface area contributed by atoms with E-state index in [2.05, 4.69) is 26.5 Å². The number of ether oxygens (including phenoxy) is 1. The van der Waals surface area contributed by atoms with Gasteiger partial charge in [-0.05, 0) is 64.8 Å². The van der Waals surface area contributed by atoms with E-state index in [9.17, 15) is 14.3 Å². The number of allylic oxidation sites excluding steroid dienone is 2. The number of nitrogens with zero attached hydrogens (tertiary/aromatic N) is 5. The predicted molar refractivity (Wildman–Crippen MR) is 143 cm³/mol. The first kappa shape index (κ1) is 27.9. The van der Waals surface area contributed by atoms with E-state index in [-0.39, 0.29) is 28.9 Å². The van der Waals surface area contributed by atoms with E-state index >= 15 is 0 Å². The van der Waals surface area contributed by atoms with E-state index in [1.54, 1.807) is 59.9 Å². The molecule has 0 aromatic carbocycles. The molecule has 0 aliphatic heterocycles. The molecule has 10 heteroatoms. The molecule has 0 aliphatic carbocycles. The first-order valence-electron chi connectivity index (χ1n) is 11.4. The normalized spacial score (nSPS) is 12.6. The summed E-state index contributed by atoms with van der Waals surface area (Å²) in [6.45, 7) is 14.0. The molecule has 194 valence electrons. The van der Waals surface area contributed by atoms with E-state index in [4.69, 9.17) is 16.3 Å². The Bertz CT molecular complexity index is 1470. The fourth-order valence-electron chi connectivity index (χ4n) is 3.34. The van der Waals surface area contributed by atoms with Crippen LogP contribution in [0, 0.1) is 19.7 Å². The number of aryl methyl sites for hydroxylation is 2. The van der Waals surface area contributed by atoms with E-state index < -0.39 is 17.0 Å². The second-order valence-corrected chi connectivity index (χ2v) is 9.51. The third-order valence-corrected chi connectivity index (χ3v) is 5.88. The molecule has 0 atom stereocenters. The molecule has 0 radical (unpaired) electrons. The Balaban J connectivity index is 1.85. The van der Waals surface area contributed by atoms with Crippen molar-refractivity contribution in [3.05, 3.63) is 92.4 Å². The summed E-state index contributed by atoms with van der Waals surface area (Å²) < 4.78 is 21.2. The maximum atomic E-state index is 14.1. The van der Waals surface area contributed by atoms with Crippen molar-refractivity contribution in [2.75, 3.05) is 0 Å². The summed E-state index contributed by atoms with van der Waals surface area (Å²) in [5.41, 5.74) is 1.79. The maximum Gasteiger partial charge on any atom is 0.277 e. The molecule has 37 heavy (non-hydrogen) atoms. The van der Waals surface area contributed by atoms with Crippen LogP contribution in [0.5, 0.6) is 5.75 Å². The van der Waals surface area contributed by atoms with E-state index in [0.717, 1.165) is 0 Å². The van der Waals surface area contributed by atoms with Crippen LogP contribution in [0.1, 0.15) is 56.2 Å². The number of aliphatic hydroxyl groups is 1. The highest BCUT2D eigenvalue weighted by Crippen LogP contribution is 2.25. The van der Waals surface area contributed by atoms with Crippen molar-refractivity contribution in [3.63, 3.8) is 0 Å². The zero-order valence-electron chi connectivity index (χ0n) is 21.6. The summed E-state index contributed by atoms with van der Waals surface area (Å²) in [5, 5.41) is 10.0. The van der Waals surface area contributed by atoms with Crippen LogP contribution in [-0.4, -0.2) is 30.8 Å². The number of halogens is 2. The van der Waals surface area contributed by atoms with Gasteiger partial charge >= 0.3 is 0 Å². The summed E-state index contributed by atoms with van der Waals surface area (Å²) in [4.78, 5) is 29.9. The monoisotopic (exact) mass is 525 g/mol. The largest absolute Gasteiger partial charge is 0.485 e. The first-order chi connectivity index (χ1) is 17.3. The molecule has 0 spiro atoms. The number of aromatic nitrogens is 4. The van der Waals surface area contributed by atoms with Gasteiger partial charge in [-0.3, -0.25) is 19.3 Å². The van der Waals surface area contributed by atoms with E-state index in [0.29, 0.717) is 33.9 Å². The first-order valence-corrected chi connectivity index (χ1v) is 11.8. The van der Waals surface area contributed by atoms with Gasteiger partial charge in [-0.1, -0.05) is 18.2 Å². The van der Waals surface area contributed by atoms with Crippen molar-refractivity contribution < 1.29 is 14.2 Å². The molecular weight excluding hydrogens is 497 g/mol. The number of aliphatic imine (C=N–C) groups is 1. The average molecular weight is 526 g/mol. The van der Waals surface area contributed by atoms with Crippen molar-refractivity contribution in [1.29, 1.82) is 0 Å². The highest BCUT2D eigenvalue weighted by atomic mass is 35.5. The molecule has 3 aromatic rings. The molecule has 0 amide bonds. The number of hydrogen-bond donors (Lipinski definition) is 1. The van der Waals surface area contributed by atoms with E-state index in [1.165, 1.54) is 23.0 Å². The van der Waals surface area contributed by atoms with E-state index in [1.807, 2.05) is 0 Å². The lowest BCUT2D eigenvalue weighted by molar-refractivity contribution is 0.0686. The molecule has 8 nitrogen and oxygen atoms in total. The zero-order chi connectivity index (χ0) is 27.5. The molecule has 3 aromatic heterocycles. The van der Waals surface area contributed by atoms with Gasteiger partial charge in [-0.2, -0.15) is 0 Å². The van der Waals surface area contributed by atoms with Gasteiger partial charge in [0.25, 0.3) is 5.56 Å². The maximum absolute atomic E-state index is 14.1. The molecule has 0 bridgehead atoms. The smallest absolute Gasteiger partial charge is 0.277 e. The standard InChI is InChI=1S/C27H29ClFN5O3/c1-15-10-20(29)22(32-12-15)14-37-23-11-17(3)34(25(35)24(23)28)19(5)16(2)13-31-18(4)21-8-9-30-26(33-21)27(6,7)36/h8-13,36H,4,14H2,1-3,5-7H3/b19-16+,31-13?. The van der Waals surface area contributed by atoms with Gasteiger partial charge < -0.3 is 9.84 Å². The Labute approximate surface area is 219 Å². The van der Waals surface area contributed by atoms with Gasteiger partial charge in [-0.25, -0.2) is 14.4 Å². The highest BCUT2D eigenvalue weighted by molar-refractivity contribution is 6.31. The molecule has 3 rings (SSSR count). The van der Waals surface area contributed by atoms with Crippen LogP contribution in [0.15, 0.2) is 52.5 Å². The zero-order valence-corrected chi connectivity index (χ0v) is 22.4. The Kier molecular flexibility index (Phi) is 8.40. The fourth-order valence-corrected chi connectivity index (χ4v) is 3.54. The van der Waals surface area contributed by atoms with Crippen LogP contribution in [0.3, 0.4) is 0 Å². The van der Waals surface area contributed by atoms with Crippen molar-refractivity contribution in [3.8, 4) is 5.75 Å². The van der Waals surface area contributed by atoms with Gasteiger partial charge in [0, 0.05) is 36.1 Å². The Morgan fingerprint density at radius 1 is 1.30 bits per heavy atom. The lowest BCUT2D eigenvalue weighted by Crippen LogP contribution is -2.23. The summed E-state index contributed by atoms with van der Waals surface area (Å²) in [5.74, 6) is -0.0967. The molecule has 0 unspecified atom stereocenters. The summed E-state index contributed by atoms with van der Waals surface area (Å²) in [6, 6.07) is 4.62. The van der Waals surface area contributed by atoms with Crippen molar-refractivity contribution in [2.45, 2.75) is 53.8 Å². The van der Waals surface area contributed by atoms with Crippen LogP contribution >= 0.6 is 11.6 Å². The van der Waals surface area contributed by atoms with Crippen molar-refractivity contribution >= 4 is 29.2 Å². The summed E-state index contributed by atoms with van der Waals surface area (Å²) in [6.07, 6.45) is 4.64.